The highest BCUT2D eigenvalue weighted by molar-refractivity contribution is 6.31. The minimum atomic E-state index is -0.132. The lowest BCUT2D eigenvalue weighted by Crippen LogP contribution is -2.24. The zero-order chi connectivity index (χ0) is 14.6. The van der Waals surface area contributed by atoms with E-state index in [-0.39, 0.29) is 5.38 Å². The van der Waals surface area contributed by atoms with Gasteiger partial charge in [0.15, 0.2) is 5.65 Å². The molecular formula is C15H18Cl2N4. The van der Waals surface area contributed by atoms with Gasteiger partial charge in [0.25, 0.3) is 0 Å². The summed E-state index contributed by atoms with van der Waals surface area (Å²) in [4.78, 5) is 11.8. The first kappa shape index (κ1) is 13.8. The third-order valence-corrected chi connectivity index (χ3v) is 4.90. The number of hydrogen-bond donors (Lipinski definition) is 0. The second-order valence-corrected chi connectivity index (χ2v) is 7.21. The van der Waals surface area contributed by atoms with Gasteiger partial charge in [-0.2, -0.15) is 0 Å². The molecule has 1 saturated carbocycles. The van der Waals surface area contributed by atoms with Crippen LogP contribution in [0.15, 0.2) is 12.3 Å². The standard InChI is InChI=1S/C15H18Cl2N4/c1-9(16)14-19-13-6-10(17)7-18-15(13)21(14)12-4-5-20(8-12)11-2-3-11/h6-7,9,11-12H,2-5,8H2,1H3. The molecule has 0 aromatic carbocycles. The second kappa shape index (κ2) is 5.11. The number of imidazole rings is 1. The van der Waals surface area contributed by atoms with E-state index < -0.39 is 0 Å². The van der Waals surface area contributed by atoms with Crippen molar-refractivity contribution in [2.24, 2.45) is 0 Å². The molecule has 2 aromatic heterocycles. The number of likely N-dealkylation sites (tertiary alicyclic amines) is 1. The Labute approximate surface area is 134 Å². The molecule has 0 spiro atoms. The van der Waals surface area contributed by atoms with E-state index in [0.29, 0.717) is 11.1 Å². The van der Waals surface area contributed by atoms with Gasteiger partial charge in [-0.15, -0.1) is 11.6 Å². The maximum atomic E-state index is 6.35. The van der Waals surface area contributed by atoms with Crippen LogP contribution in [0.4, 0.5) is 0 Å². The van der Waals surface area contributed by atoms with Crippen molar-refractivity contribution in [3.63, 3.8) is 0 Å². The van der Waals surface area contributed by atoms with Crippen LogP contribution in [0.3, 0.4) is 0 Å². The Balaban J connectivity index is 1.76. The van der Waals surface area contributed by atoms with Crippen LogP contribution in [0.5, 0.6) is 0 Å². The molecule has 1 aliphatic carbocycles. The van der Waals surface area contributed by atoms with Crippen molar-refractivity contribution in [3.8, 4) is 0 Å². The Morgan fingerprint density at radius 3 is 2.81 bits per heavy atom. The van der Waals surface area contributed by atoms with Gasteiger partial charge >= 0.3 is 0 Å². The quantitative estimate of drug-likeness (QED) is 0.805. The van der Waals surface area contributed by atoms with Crippen LogP contribution in [0, 0.1) is 0 Å². The number of nitrogens with zero attached hydrogens (tertiary/aromatic N) is 4. The lowest BCUT2D eigenvalue weighted by molar-refractivity contribution is 0.313. The van der Waals surface area contributed by atoms with Crippen LogP contribution in [0.1, 0.15) is 43.4 Å². The van der Waals surface area contributed by atoms with Crippen molar-refractivity contribution in [1.29, 1.82) is 0 Å². The number of rotatable bonds is 3. The largest absolute Gasteiger partial charge is 0.307 e. The first-order valence-corrected chi connectivity index (χ1v) is 8.36. The van der Waals surface area contributed by atoms with Gasteiger partial charge in [-0.1, -0.05) is 11.6 Å². The zero-order valence-corrected chi connectivity index (χ0v) is 13.5. The number of aromatic nitrogens is 3. The van der Waals surface area contributed by atoms with Crippen LogP contribution < -0.4 is 0 Å². The summed E-state index contributed by atoms with van der Waals surface area (Å²) >= 11 is 12.4. The van der Waals surface area contributed by atoms with Gasteiger partial charge in [-0.25, -0.2) is 9.97 Å². The summed E-state index contributed by atoms with van der Waals surface area (Å²) in [5.74, 6) is 0.907. The molecule has 0 N–H and O–H groups in total. The molecule has 4 rings (SSSR count). The predicted octanol–water partition coefficient (Wildman–Crippen LogP) is 3.79. The van der Waals surface area contributed by atoms with E-state index in [4.69, 9.17) is 23.2 Å². The van der Waals surface area contributed by atoms with Crippen molar-refractivity contribution in [3.05, 3.63) is 23.1 Å². The fourth-order valence-electron chi connectivity index (χ4n) is 3.37. The molecule has 0 bridgehead atoms. The number of pyridine rings is 1. The summed E-state index contributed by atoms with van der Waals surface area (Å²) < 4.78 is 2.24. The van der Waals surface area contributed by atoms with E-state index in [1.54, 1.807) is 6.20 Å². The number of halogens is 2. The van der Waals surface area contributed by atoms with Crippen LogP contribution in [0.25, 0.3) is 11.2 Å². The van der Waals surface area contributed by atoms with Crippen LogP contribution in [-0.2, 0) is 0 Å². The van der Waals surface area contributed by atoms with Crippen LogP contribution in [-0.4, -0.2) is 38.6 Å². The van der Waals surface area contributed by atoms with Gasteiger partial charge in [0, 0.05) is 25.3 Å². The summed E-state index contributed by atoms with van der Waals surface area (Å²) in [6.45, 7) is 4.21. The fourth-order valence-corrected chi connectivity index (χ4v) is 3.67. The molecular weight excluding hydrogens is 307 g/mol. The fraction of sp³-hybridized carbons (Fsp3) is 0.600. The zero-order valence-electron chi connectivity index (χ0n) is 12.0. The van der Waals surface area contributed by atoms with Gasteiger partial charge in [-0.05, 0) is 32.3 Å². The summed E-state index contributed by atoms with van der Waals surface area (Å²) in [7, 11) is 0. The maximum Gasteiger partial charge on any atom is 0.160 e. The molecule has 0 radical (unpaired) electrons. The Morgan fingerprint density at radius 2 is 2.10 bits per heavy atom. The molecule has 3 heterocycles. The predicted molar refractivity (Wildman–Crippen MR) is 85.1 cm³/mol. The van der Waals surface area contributed by atoms with E-state index in [2.05, 4.69) is 19.4 Å². The van der Waals surface area contributed by atoms with Crippen LogP contribution >= 0.6 is 23.2 Å². The summed E-state index contributed by atoms with van der Waals surface area (Å²) in [6.07, 6.45) is 5.54. The highest BCUT2D eigenvalue weighted by Crippen LogP contribution is 2.36. The molecule has 21 heavy (non-hydrogen) atoms. The van der Waals surface area contributed by atoms with Crippen molar-refractivity contribution in [2.45, 2.75) is 43.6 Å². The van der Waals surface area contributed by atoms with Crippen LogP contribution in [0.2, 0.25) is 5.02 Å². The molecule has 6 heteroatoms. The van der Waals surface area contributed by atoms with Crippen molar-refractivity contribution < 1.29 is 0 Å². The highest BCUT2D eigenvalue weighted by Gasteiger charge is 2.36. The molecule has 2 atom stereocenters. The van der Waals surface area contributed by atoms with Crippen molar-refractivity contribution in [2.75, 3.05) is 13.1 Å². The Bertz CT molecular complexity index is 678. The van der Waals surface area contributed by atoms with E-state index in [1.165, 1.54) is 19.4 Å². The normalized spacial score (nSPS) is 24.8. The molecule has 112 valence electrons. The first-order valence-electron chi connectivity index (χ1n) is 7.55. The molecule has 0 amide bonds. The second-order valence-electron chi connectivity index (χ2n) is 6.12. The summed E-state index contributed by atoms with van der Waals surface area (Å²) in [6, 6.07) is 3.10. The molecule has 1 aliphatic heterocycles. The highest BCUT2D eigenvalue weighted by atomic mass is 35.5. The van der Waals surface area contributed by atoms with Gasteiger partial charge < -0.3 is 4.57 Å². The average Bonchev–Trinajstić information content (AvgIpc) is 3.06. The van der Waals surface area contributed by atoms with Gasteiger partial charge in [0.2, 0.25) is 0 Å². The Hall–Kier alpha value is -0.840. The lowest BCUT2D eigenvalue weighted by atomic mass is 10.2. The minimum Gasteiger partial charge on any atom is -0.307 e. The number of hydrogen-bond acceptors (Lipinski definition) is 3. The maximum absolute atomic E-state index is 6.35. The average molecular weight is 325 g/mol. The molecule has 4 nitrogen and oxygen atoms in total. The molecule has 1 saturated heterocycles. The monoisotopic (exact) mass is 324 g/mol. The van der Waals surface area contributed by atoms with E-state index in [0.717, 1.165) is 36.0 Å². The summed E-state index contributed by atoms with van der Waals surface area (Å²) in [5.41, 5.74) is 1.75. The first-order chi connectivity index (χ1) is 10.1. The molecule has 2 unspecified atom stereocenters. The molecule has 2 aliphatic rings. The Morgan fingerprint density at radius 1 is 1.29 bits per heavy atom. The van der Waals surface area contributed by atoms with E-state index >= 15 is 0 Å². The minimum absolute atomic E-state index is 0.132. The van der Waals surface area contributed by atoms with Gasteiger partial charge in [0.1, 0.15) is 11.3 Å². The van der Waals surface area contributed by atoms with E-state index in [1.807, 2.05) is 13.0 Å². The third-order valence-electron chi connectivity index (χ3n) is 4.50. The van der Waals surface area contributed by atoms with Gasteiger partial charge in [0.05, 0.1) is 16.4 Å². The topological polar surface area (TPSA) is 34.0 Å². The smallest absolute Gasteiger partial charge is 0.160 e. The molecule has 2 aromatic rings. The third kappa shape index (κ3) is 2.43. The summed E-state index contributed by atoms with van der Waals surface area (Å²) in [5, 5.41) is 0.486. The molecule has 2 fully saturated rings. The van der Waals surface area contributed by atoms with Crippen molar-refractivity contribution >= 4 is 34.4 Å². The number of fused-ring (bicyclic) bond motifs is 1. The van der Waals surface area contributed by atoms with Gasteiger partial charge in [-0.3, -0.25) is 4.90 Å². The van der Waals surface area contributed by atoms with Crippen molar-refractivity contribution in [1.82, 2.24) is 19.4 Å². The Kier molecular flexibility index (Phi) is 3.36. The lowest BCUT2D eigenvalue weighted by Gasteiger charge is -2.18. The number of alkyl halides is 1. The SMILES string of the molecule is CC(Cl)c1nc2cc(Cl)cnc2n1C1CCN(C2CC2)C1. The van der Waals surface area contributed by atoms with E-state index in [9.17, 15) is 0 Å².